The zero-order valence-electron chi connectivity index (χ0n) is 11.3. The third-order valence-corrected chi connectivity index (χ3v) is 3.32. The number of methoxy groups -OCH3 is 1. The molecule has 0 aliphatic carbocycles. The minimum Gasteiger partial charge on any atom is -0.468 e. The van der Waals surface area contributed by atoms with E-state index in [9.17, 15) is 14.4 Å². The second-order valence-electron chi connectivity index (χ2n) is 3.86. The van der Waals surface area contributed by atoms with Gasteiger partial charge in [0, 0.05) is 0 Å². The van der Waals surface area contributed by atoms with Gasteiger partial charge in [-0.25, -0.2) is 0 Å². The summed E-state index contributed by atoms with van der Waals surface area (Å²) in [5.41, 5.74) is 4.61. The zero-order chi connectivity index (χ0) is 15.0. The molecular formula is C12H17N3O4S. The lowest BCUT2D eigenvalue weighted by molar-refractivity contribution is -0.142. The van der Waals surface area contributed by atoms with Gasteiger partial charge in [-0.3, -0.25) is 30.1 Å². The van der Waals surface area contributed by atoms with E-state index in [0.29, 0.717) is 11.4 Å². The van der Waals surface area contributed by atoms with Crippen molar-refractivity contribution in [1.82, 2.24) is 15.8 Å². The van der Waals surface area contributed by atoms with Gasteiger partial charge in [-0.1, -0.05) is 13.0 Å². The highest BCUT2D eigenvalue weighted by Gasteiger charge is 2.14. The van der Waals surface area contributed by atoms with Gasteiger partial charge < -0.3 is 4.74 Å². The molecule has 7 nitrogen and oxygen atoms in total. The molecule has 2 N–H and O–H groups in total. The monoisotopic (exact) mass is 299 g/mol. The Labute approximate surface area is 120 Å². The average Bonchev–Trinajstić information content (AvgIpc) is 2.97. The van der Waals surface area contributed by atoms with Crippen molar-refractivity contribution >= 4 is 29.1 Å². The summed E-state index contributed by atoms with van der Waals surface area (Å²) in [5, 5.41) is 1.77. The Hall–Kier alpha value is -1.93. The Morgan fingerprint density at radius 2 is 2.05 bits per heavy atom. The third kappa shape index (κ3) is 5.37. The predicted octanol–water partition coefficient (Wildman–Crippen LogP) is 0.00400. The number of hydrogen-bond donors (Lipinski definition) is 2. The van der Waals surface area contributed by atoms with Crippen LogP contribution in [0.15, 0.2) is 17.5 Å². The van der Waals surface area contributed by atoms with Crippen molar-refractivity contribution in [3.63, 3.8) is 0 Å². The van der Waals surface area contributed by atoms with Crippen LogP contribution in [-0.4, -0.2) is 49.4 Å². The molecule has 0 unspecified atom stereocenters. The van der Waals surface area contributed by atoms with Gasteiger partial charge >= 0.3 is 5.97 Å². The van der Waals surface area contributed by atoms with Crippen molar-refractivity contribution in [3.8, 4) is 0 Å². The van der Waals surface area contributed by atoms with Gasteiger partial charge in [0.15, 0.2) is 0 Å². The van der Waals surface area contributed by atoms with Crippen molar-refractivity contribution in [1.29, 1.82) is 0 Å². The van der Waals surface area contributed by atoms with Gasteiger partial charge in [-0.15, -0.1) is 11.3 Å². The van der Waals surface area contributed by atoms with Gasteiger partial charge in [-0.2, -0.15) is 0 Å². The second kappa shape index (κ2) is 8.28. The van der Waals surface area contributed by atoms with E-state index in [1.54, 1.807) is 22.4 Å². The highest BCUT2D eigenvalue weighted by molar-refractivity contribution is 7.12. The van der Waals surface area contributed by atoms with Crippen molar-refractivity contribution in [2.75, 3.05) is 26.7 Å². The van der Waals surface area contributed by atoms with Crippen molar-refractivity contribution in [2.24, 2.45) is 0 Å². The lowest BCUT2D eigenvalue weighted by atomic mass is 10.4. The maximum atomic E-state index is 11.6. The molecule has 0 bridgehead atoms. The molecule has 110 valence electrons. The van der Waals surface area contributed by atoms with Crippen LogP contribution >= 0.6 is 11.3 Å². The molecule has 8 heteroatoms. The minimum absolute atomic E-state index is 0.00365. The number of esters is 1. The van der Waals surface area contributed by atoms with Crippen LogP contribution in [0.1, 0.15) is 16.6 Å². The summed E-state index contributed by atoms with van der Waals surface area (Å²) in [6, 6.07) is 3.40. The maximum absolute atomic E-state index is 11.6. The zero-order valence-corrected chi connectivity index (χ0v) is 12.2. The van der Waals surface area contributed by atoms with Crippen LogP contribution in [0.4, 0.5) is 0 Å². The number of rotatable bonds is 6. The Morgan fingerprint density at radius 3 is 2.60 bits per heavy atom. The second-order valence-corrected chi connectivity index (χ2v) is 4.81. The first kappa shape index (κ1) is 16.1. The fraction of sp³-hybridized carbons (Fsp3) is 0.417. The summed E-state index contributed by atoms with van der Waals surface area (Å²) in [5.74, 6) is -1.19. The van der Waals surface area contributed by atoms with Gasteiger partial charge in [0.2, 0.25) is 0 Å². The van der Waals surface area contributed by atoms with E-state index in [-0.39, 0.29) is 19.0 Å². The highest BCUT2D eigenvalue weighted by Crippen LogP contribution is 2.06. The first-order valence-corrected chi connectivity index (χ1v) is 6.86. The molecule has 20 heavy (non-hydrogen) atoms. The molecule has 0 atom stereocenters. The molecule has 0 spiro atoms. The Balaban J connectivity index is 2.35. The molecular weight excluding hydrogens is 282 g/mol. The van der Waals surface area contributed by atoms with Crippen LogP contribution in [0.3, 0.4) is 0 Å². The summed E-state index contributed by atoms with van der Waals surface area (Å²) in [4.78, 5) is 36.4. The van der Waals surface area contributed by atoms with Crippen molar-refractivity contribution < 1.29 is 19.1 Å². The fourth-order valence-corrected chi connectivity index (χ4v) is 1.98. The molecule has 1 aromatic heterocycles. The van der Waals surface area contributed by atoms with E-state index in [1.165, 1.54) is 18.4 Å². The predicted molar refractivity (Wildman–Crippen MR) is 74.1 cm³/mol. The van der Waals surface area contributed by atoms with Crippen LogP contribution < -0.4 is 10.9 Å². The average molecular weight is 299 g/mol. The summed E-state index contributed by atoms with van der Waals surface area (Å²) in [7, 11) is 1.29. The van der Waals surface area contributed by atoms with Gasteiger partial charge in [0.25, 0.3) is 11.8 Å². The normalized spacial score (nSPS) is 10.2. The van der Waals surface area contributed by atoms with E-state index in [4.69, 9.17) is 0 Å². The van der Waals surface area contributed by atoms with Crippen LogP contribution in [0.2, 0.25) is 0 Å². The summed E-state index contributed by atoms with van der Waals surface area (Å²) < 4.78 is 4.53. The quantitative estimate of drug-likeness (QED) is 0.570. The van der Waals surface area contributed by atoms with Gasteiger partial charge in [0.05, 0.1) is 25.1 Å². The topological polar surface area (TPSA) is 87.7 Å². The lowest BCUT2D eigenvalue weighted by Crippen LogP contribution is -2.47. The van der Waals surface area contributed by atoms with Crippen molar-refractivity contribution in [3.05, 3.63) is 22.4 Å². The number of hydrogen-bond acceptors (Lipinski definition) is 6. The number of nitrogens with zero attached hydrogens (tertiary/aromatic N) is 1. The first-order valence-electron chi connectivity index (χ1n) is 5.98. The highest BCUT2D eigenvalue weighted by atomic mass is 32.1. The van der Waals surface area contributed by atoms with E-state index in [1.807, 2.05) is 6.92 Å². The molecule has 1 rings (SSSR count). The number of carbonyl (C=O) groups excluding carboxylic acids is 3. The Bertz CT molecular complexity index is 461. The molecule has 0 fully saturated rings. The number of amides is 2. The number of likely N-dealkylation sites (N-methyl/N-ethyl adjacent to an activating group) is 1. The van der Waals surface area contributed by atoms with Crippen LogP contribution in [0, 0.1) is 0 Å². The van der Waals surface area contributed by atoms with E-state index >= 15 is 0 Å². The Kier molecular flexibility index (Phi) is 6.68. The maximum Gasteiger partial charge on any atom is 0.319 e. The number of hydrazine groups is 1. The SMILES string of the molecule is CCN(CC(=O)NNC(=O)c1cccs1)CC(=O)OC. The molecule has 0 aliphatic heterocycles. The minimum atomic E-state index is -0.415. The fourth-order valence-electron chi connectivity index (χ4n) is 1.37. The standard InChI is InChI=1S/C12H17N3O4S/c1-3-15(8-11(17)19-2)7-10(16)13-14-12(18)9-5-4-6-20-9/h4-6H,3,7-8H2,1-2H3,(H,13,16)(H,14,18). The van der Waals surface area contributed by atoms with Gasteiger partial charge in [-0.05, 0) is 18.0 Å². The van der Waals surface area contributed by atoms with Crippen molar-refractivity contribution in [2.45, 2.75) is 6.92 Å². The number of ether oxygens (including phenoxy) is 1. The van der Waals surface area contributed by atoms with Crippen LogP contribution in [0.5, 0.6) is 0 Å². The van der Waals surface area contributed by atoms with E-state index < -0.39 is 11.9 Å². The molecule has 2 amide bonds. The molecule has 1 heterocycles. The summed E-state index contributed by atoms with van der Waals surface area (Å²) in [6.45, 7) is 2.36. The molecule has 1 aromatic rings. The largest absolute Gasteiger partial charge is 0.468 e. The summed E-state index contributed by atoms with van der Waals surface area (Å²) >= 11 is 1.28. The molecule has 0 radical (unpaired) electrons. The molecule has 0 saturated carbocycles. The third-order valence-electron chi connectivity index (χ3n) is 2.46. The smallest absolute Gasteiger partial charge is 0.319 e. The molecule has 0 aromatic carbocycles. The summed E-state index contributed by atoms with van der Waals surface area (Å²) in [6.07, 6.45) is 0. The van der Waals surface area contributed by atoms with Crippen LogP contribution in [-0.2, 0) is 14.3 Å². The first-order chi connectivity index (χ1) is 9.56. The van der Waals surface area contributed by atoms with Gasteiger partial charge in [0.1, 0.15) is 0 Å². The molecule has 0 saturated heterocycles. The van der Waals surface area contributed by atoms with Crippen LogP contribution in [0.25, 0.3) is 0 Å². The number of nitrogens with one attached hydrogen (secondary N) is 2. The van der Waals surface area contributed by atoms with E-state index in [0.717, 1.165) is 0 Å². The number of carbonyl (C=O) groups is 3. The van der Waals surface area contributed by atoms with E-state index in [2.05, 4.69) is 15.6 Å². The molecule has 0 aliphatic rings. The lowest BCUT2D eigenvalue weighted by Gasteiger charge is -2.18. The Morgan fingerprint density at radius 1 is 1.30 bits per heavy atom. The number of thiophene rings is 1.